The summed E-state index contributed by atoms with van der Waals surface area (Å²) in [6, 6.07) is -0.996. The highest BCUT2D eigenvalue weighted by Crippen LogP contribution is 2.24. The molecule has 2 amide bonds. The molecule has 0 bridgehead atoms. The molecule has 0 saturated carbocycles. The summed E-state index contributed by atoms with van der Waals surface area (Å²) in [6.45, 7) is 0. The van der Waals surface area contributed by atoms with Crippen molar-refractivity contribution in [3.63, 3.8) is 0 Å². The molecule has 2 atom stereocenters. The molecule has 1 aliphatic heterocycles. The third kappa shape index (κ3) is 2.69. The lowest BCUT2D eigenvalue weighted by Crippen LogP contribution is -2.34. The van der Waals surface area contributed by atoms with Crippen LogP contribution < -0.4 is 5.73 Å². The van der Waals surface area contributed by atoms with E-state index in [1.54, 1.807) is 0 Å². The summed E-state index contributed by atoms with van der Waals surface area (Å²) in [5.41, 5.74) is 5.28. The van der Waals surface area contributed by atoms with Gasteiger partial charge in [-0.25, -0.2) is 0 Å². The van der Waals surface area contributed by atoms with Crippen molar-refractivity contribution in [2.45, 2.75) is 17.7 Å². The smallest absolute Gasteiger partial charge is 0.321 e. The van der Waals surface area contributed by atoms with Gasteiger partial charge in [0.1, 0.15) is 6.04 Å². The van der Waals surface area contributed by atoms with Gasteiger partial charge in [-0.15, -0.1) is 11.8 Å². The predicted molar refractivity (Wildman–Crippen MR) is 54.3 cm³/mol. The SMILES string of the molecule is CN1C(=O)CC(SCC(N)C(=O)O)C1=O. The lowest BCUT2D eigenvalue weighted by molar-refractivity contribution is -0.138. The first-order valence-corrected chi connectivity index (χ1v) is 5.38. The second-order valence-electron chi connectivity index (χ2n) is 3.26. The molecule has 1 fully saturated rings. The minimum Gasteiger partial charge on any atom is -0.480 e. The molecule has 0 spiro atoms. The molecular formula is C8H12N2O4S. The lowest BCUT2D eigenvalue weighted by atomic mass is 10.3. The molecule has 1 heterocycles. The summed E-state index contributed by atoms with van der Waals surface area (Å²) in [6.07, 6.45) is 0.131. The number of carbonyl (C=O) groups is 3. The molecule has 0 aromatic heterocycles. The number of amides is 2. The van der Waals surface area contributed by atoms with Crippen LogP contribution in [0.15, 0.2) is 0 Å². The van der Waals surface area contributed by atoms with E-state index < -0.39 is 17.3 Å². The van der Waals surface area contributed by atoms with E-state index in [1.807, 2.05) is 0 Å². The van der Waals surface area contributed by atoms with Gasteiger partial charge in [-0.3, -0.25) is 19.3 Å². The number of hydrogen-bond donors (Lipinski definition) is 2. The first-order chi connectivity index (χ1) is 6.93. The fourth-order valence-corrected chi connectivity index (χ4v) is 2.29. The van der Waals surface area contributed by atoms with Crippen LogP contribution >= 0.6 is 11.8 Å². The fourth-order valence-electron chi connectivity index (χ4n) is 1.14. The van der Waals surface area contributed by atoms with Gasteiger partial charge in [0.15, 0.2) is 0 Å². The number of hydrogen-bond acceptors (Lipinski definition) is 5. The van der Waals surface area contributed by atoms with Crippen LogP contribution in [-0.4, -0.2) is 51.9 Å². The normalized spacial score (nSPS) is 23.3. The van der Waals surface area contributed by atoms with Crippen molar-refractivity contribution in [3.05, 3.63) is 0 Å². The number of carbonyl (C=O) groups excluding carboxylic acids is 2. The summed E-state index contributed by atoms with van der Waals surface area (Å²) in [4.78, 5) is 34.0. The van der Waals surface area contributed by atoms with Crippen LogP contribution in [-0.2, 0) is 14.4 Å². The Hall–Kier alpha value is -1.08. The molecule has 6 nitrogen and oxygen atoms in total. The van der Waals surface area contributed by atoms with Gasteiger partial charge in [-0.2, -0.15) is 0 Å². The first kappa shape index (κ1) is 12.0. The van der Waals surface area contributed by atoms with E-state index in [2.05, 4.69) is 0 Å². The summed E-state index contributed by atoms with van der Waals surface area (Å²) in [5, 5.41) is 8.05. The van der Waals surface area contributed by atoms with Crippen molar-refractivity contribution < 1.29 is 19.5 Å². The minimum atomic E-state index is -1.10. The second kappa shape index (κ2) is 4.63. The van der Waals surface area contributed by atoms with E-state index in [-0.39, 0.29) is 24.0 Å². The predicted octanol–water partition coefficient (Wildman–Crippen LogP) is -1.11. The number of carboxylic acids is 1. The molecule has 3 N–H and O–H groups in total. The standard InChI is InChI=1S/C8H12N2O4S/c1-10-6(11)2-5(7(10)12)15-3-4(9)8(13)14/h4-5H,2-3,9H2,1H3,(H,13,14). The van der Waals surface area contributed by atoms with Crippen LogP contribution in [0.1, 0.15) is 6.42 Å². The number of imide groups is 1. The second-order valence-corrected chi connectivity index (χ2v) is 4.50. The Balaban J connectivity index is 2.44. The Morgan fingerprint density at radius 2 is 2.33 bits per heavy atom. The zero-order chi connectivity index (χ0) is 11.6. The van der Waals surface area contributed by atoms with Crippen molar-refractivity contribution in [2.24, 2.45) is 5.73 Å². The van der Waals surface area contributed by atoms with Gasteiger partial charge in [0.2, 0.25) is 11.8 Å². The average Bonchev–Trinajstić information content (AvgIpc) is 2.42. The Morgan fingerprint density at radius 3 is 2.73 bits per heavy atom. The van der Waals surface area contributed by atoms with Crippen LogP contribution in [0.25, 0.3) is 0 Å². The van der Waals surface area contributed by atoms with Crippen LogP contribution in [0.2, 0.25) is 0 Å². The van der Waals surface area contributed by atoms with Gasteiger partial charge in [0.25, 0.3) is 0 Å². The number of likely N-dealkylation sites (tertiary alicyclic amines) is 1. The van der Waals surface area contributed by atoms with Crippen LogP contribution in [0.4, 0.5) is 0 Å². The summed E-state index contributed by atoms with van der Waals surface area (Å²) < 4.78 is 0. The molecule has 1 aliphatic rings. The summed E-state index contributed by atoms with van der Waals surface area (Å²) in [5.74, 6) is -1.48. The van der Waals surface area contributed by atoms with E-state index >= 15 is 0 Å². The maximum atomic E-state index is 11.4. The van der Waals surface area contributed by atoms with Crippen LogP contribution in [0, 0.1) is 0 Å². The molecule has 7 heteroatoms. The average molecular weight is 232 g/mol. The lowest BCUT2D eigenvalue weighted by Gasteiger charge is -2.10. The highest BCUT2D eigenvalue weighted by molar-refractivity contribution is 8.00. The Morgan fingerprint density at radius 1 is 1.73 bits per heavy atom. The van der Waals surface area contributed by atoms with Gasteiger partial charge < -0.3 is 10.8 Å². The van der Waals surface area contributed by atoms with E-state index in [0.29, 0.717) is 0 Å². The topological polar surface area (TPSA) is 101 Å². The largest absolute Gasteiger partial charge is 0.480 e. The van der Waals surface area contributed by atoms with Crippen LogP contribution in [0.5, 0.6) is 0 Å². The van der Waals surface area contributed by atoms with Gasteiger partial charge in [-0.05, 0) is 0 Å². The Kier molecular flexibility index (Phi) is 3.70. The maximum absolute atomic E-state index is 11.4. The Bertz CT molecular complexity index is 307. The number of nitrogens with two attached hydrogens (primary N) is 1. The number of thioether (sulfide) groups is 1. The van der Waals surface area contributed by atoms with Crippen LogP contribution in [0.3, 0.4) is 0 Å². The number of aliphatic carboxylic acids is 1. The molecule has 0 aromatic rings. The van der Waals surface area contributed by atoms with Gasteiger partial charge in [-0.1, -0.05) is 0 Å². The van der Waals surface area contributed by atoms with Crippen molar-refractivity contribution >= 4 is 29.5 Å². The molecule has 2 unspecified atom stereocenters. The molecule has 1 rings (SSSR count). The van der Waals surface area contributed by atoms with Crippen molar-refractivity contribution in [1.82, 2.24) is 4.90 Å². The van der Waals surface area contributed by atoms with Gasteiger partial charge in [0.05, 0.1) is 5.25 Å². The van der Waals surface area contributed by atoms with Crippen molar-refractivity contribution in [3.8, 4) is 0 Å². The molecule has 0 radical (unpaired) electrons. The zero-order valence-corrected chi connectivity index (χ0v) is 8.99. The van der Waals surface area contributed by atoms with E-state index in [1.165, 1.54) is 7.05 Å². The molecule has 84 valence electrons. The fraction of sp³-hybridized carbons (Fsp3) is 0.625. The minimum absolute atomic E-state index is 0.131. The van der Waals surface area contributed by atoms with Gasteiger partial charge >= 0.3 is 5.97 Å². The number of rotatable bonds is 4. The monoisotopic (exact) mass is 232 g/mol. The maximum Gasteiger partial charge on any atom is 0.321 e. The van der Waals surface area contributed by atoms with Crippen molar-refractivity contribution in [2.75, 3.05) is 12.8 Å². The van der Waals surface area contributed by atoms with E-state index in [9.17, 15) is 14.4 Å². The molecule has 0 aliphatic carbocycles. The third-order valence-corrected chi connectivity index (χ3v) is 3.46. The van der Waals surface area contributed by atoms with E-state index in [0.717, 1.165) is 16.7 Å². The highest BCUT2D eigenvalue weighted by Gasteiger charge is 2.36. The zero-order valence-electron chi connectivity index (χ0n) is 8.17. The van der Waals surface area contributed by atoms with E-state index in [4.69, 9.17) is 10.8 Å². The summed E-state index contributed by atoms with van der Waals surface area (Å²) >= 11 is 1.12. The molecule has 15 heavy (non-hydrogen) atoms. The molecule has 0 aromatic carbocycles. The number of carboxylic acid groups (broad SMARTS) is 1. The molecular weight excluding hydrogens is 220 g/mol. The quantitative estimate of drug-likeness (QED) is 0.596. The van der Waals surface area contributed by atoms with Crippen molar-refractivity contribution in [1.29, 1.82) is 0 Å². The first-order valence-electron chi connectivity index (χ1n) is 4.34. The third-order valence-electron chi connectivity index (χ3n) is 2.13. The highest BCUT2D eigenvalue weighted by atomic mass is 32.2. The number of nitrogens with zero attached hydrogens (tertiary/aromatic N) is 1. The Labute approximate surface area is 90.8 Å². The van der Waals surface area contributed by atoms with Gasteiger partial charge in [0, 0.05) is 19.2 Å². The molecule has 1 saturated heterocycles. The summed E-state index contributed by atoms with van der Waals surface area (Å²) in [7, 11) is 1.42.